The highest BCUT2D eigenvalue weighted by atomic mass is 32.2. The van der Waals surface area contributed by atoms with Gasteiger partial charge in [-0.15, -0.1) is 0 Å². The molecule has 0 unspecified atom stereocenters. The van der Waals surface area contributed by atoms with Gasteiger partial charge in [-0.3, -0.25) is 14.5 Å². The first-order chi connectivity index (χ1) is 9.79. The number of phenols is 2. The molecule has 1 fully saturated rings. The zero-order valence-electron chi connectivity index (χ0n) is 10.9. The molecule has 0 aliphatic carbocycles. The van der Waals surface area contributed by atoms with Crippen LogP contribution < -0.4 is 0 Å². The molecule has 3 N–H and O–H groups in total. The number of carbonyl (C=O) groups is 2. The number of hydrogen-bond donors (Lipinski definition) is 3. The molecule has 110 valence electrons. The second kappa shape index (κ2) is 5.74. The maximum Gasteiger partial charge on any atom is 0.323 e. The summed E-state index contributed by atoms with van der Waals surface area (Å²) < 4.78 is 0.168. The minimum atomic E-state index is -1.15. The molecule has 0 spiro atoms. The highest BCUT2D eigenvalue weighted by Crippen LogP contribution is 2.37. The summed E-state index contributed by atoms with van der Waals surface area (Å²) in [4.78, 5) is 24.2. The third-order valence-electron chi connectivity index (χ3n) is 2.82. The lowest BCUT2D eigenvalue weighted by Crippen LogP contribution is -2.33. The van der Waals surface area contributed by atoms with Crippen LogP contribution in [0.3, 0.4) is 0 Å². The van der Waals surface area contributed by atoms with Crippen LogP contribution in [0.1, 0.15) is 12.5 Å². The molecular weight excluding hydrogens is 314 g/mol. The van der Waals surface area contributed by atoms with Gasteiger partial charge in [0.1, 0.15) is 22.4 Å². The van der Waals surface area contributed by atoms with E-state index in [9.17, 15) is 19.8 Å². The van der Waals surface area contributed by atoms with Gasteiger partial charge in [0.2, 0.25) is 0 Å². The predicted octanol–water partition coefficient (Wildman–Crippen LogP) is 1.77. The third-order valence-corrected chi connectivity index (χ3v) is 4.37. The predicted molar refractivity (Wildman–Crippen MR) is 81.9 cm³/mol. The lowest BCUT2D eigenvalue weighted by Gasteiger charge is -2.11. The number of amides is 1. The maximum atomic E-state index is 12.2. The van der Waals surface area contributed by atoms with Crippen molar-refractivity contribution in [3.8, 4) is 11.5 Å². The van der Waals surface area contributed by atoms with Crippen LogP contribution in [0.4, 0.5) is 0 Å². The van der Waals surface area contributed by atoms with Crippen LogP contribution >= 0.6 is 24.0 Å². The molecule has 1 heterocycles. The smallest absolute Gasteiger partial charge is 0.323 e. The number of thioether (sulfide) groups is 1. The lowest BCUT2D eigenvalue weighted by atomic mass is 10.1. The monoisotopic (exact) mass is 325 g/mol. The van der Waals surface area contributed by atoms with Gasteiger partial charge in [0.25, 0.3) is 5.91 Å². The Morgan fingerprint density at radius 1 is 1.29 bits per heavy atom. The number of allylic oxidation sites excluding steroid dienone is 1. The number of aromatic hydroxyl groups is 2. The molecule has 1 aliphatic rings. The summed E-state index contributed by atoms with van der Waals surface area (Å²) in [6.45, 7) is 1.15. The molecule has 2 rings (SSSR count). The Hall–Kier alpha value is -2.06. The highest BCUT2D eigenvalue weighted by molar-refractivity contribution is 8.26. The van der Waals surface area contributed by atoms with Crippen LogP contribution in [-0.4, -0.2) is 43.0 Å². The van der Waals surface area contributed by atoms with Gasteiger partial charge in [-0.25, -0.2) is 0 Å². The molecule has 0 radical (unpaired) electrons. The number of carboxylic acids is 1. The van der Waals surface area contributed by atoms with Crippen molar-refractivity contribution in [1.82, 2.24) is 4.90 Å². The third kappa shape index (κ3) is 3.17. The normalized spacial score (nSPS) is 17.3. The van der Waals surface area contributed by atoms with E-state index >= 15 is 0 Å². The van der Waals surface area contributed by atoms with Crippen LogP contribution in [0, 0.1) is 0 Å². The Balaban J connectivity index is 2.42. The maximum absolute atomic E-state index is 12.2. The zero-order chi connectivity index (χ0) is 15.7. The first-order valence-corrected chi connectivity index (χ1v) is 7.02. The van der Waals surface area contributed by atoms with Gasteiger partial charge in [-0.1, -0.05) is 24.0 Å². The van der Waals surface area contributed by atoms with Gasteiger partial charge in [0, 0.05) is 6.07 Å². The molecule has 0 atom stereocenters. The fourth-order valence-corrected chi connectivity index (χ4v) is 3.14. The van der Waals surface area contributed by atoms with E-state index < -0.39 is 18.4 Å². The van der Waals surface area contributed by atoms with Crippen molar-refractivity contribution in [3.05, 3.63) is 28.7 Å². The van der Waals surface area contributed by atoms with Crippen LogP contribution in [0.5, 0.6) is 11.5 Å². The van der Waals surface area contributed by atoms with E-state index in [1.807, 2.05) is 0 Å². The SMILES string of the molecule is C/C(=C1/SC(=S)N(CC(=O)O)C1=O)c1cc(O)cc(O)c1. The van der Waals surface area contributed by atoms with Gasteiger partial charge in [0.15, 0.2) is 0 Å². The minimum Gasteiger partial charge on any atom is -0.508 e. The lowest BCUT2D eigenvalue weighted by molar-refractivity contribution is -0.140. The van der Waals surface area contributed by atoms with Gasteiger partial charge < -0.3 is 15.3 Å². The van der Waals surface area contributed by atoms with Crippen molar-refractivity contribution in [2.24, 2.45) is 0 Å². The largest absolute Gasteiger partial charge is 0.508 e. The van der Waals surface area contributed by atoms with E-state index in [4.69, 9.17) is 17.3 Å². The van der Waals surface area contributed by atoms with E-state index in [1.54, 1.807) is 6.92 Å². The number of carbonyl (C=O) groups excluding carboxylic acids is 1. The first-order valence-electron chi connectivity index (χ1n) is 5.79. The molecule has 8 heteroatoms. The molecular formula is C13H11NO5S2. The molecule has 0 saturated carbocycles. The van der Waals surface area contributed by atoms with Crippen molar-refractivity contribution in [3.63, 3.8) is 0 Å². The van der Waals surface area contributed by atoms with E-state index in [-0.39, 0.29) is 20.7 Å². The van der Waals surface area contributed by atoms with Crippen molar-refractivity contribution in [2.45, 2.75) is 6.92 Å². The van der Waals surface area contributed by atoms with Crippen molar-refractivity contribution < 1.29 is 24.9 Å². The number of nitrogens with zero attached hydrogens (tertiary/aromatic N) is 1. The van der Waals surface area contributed by atoms with Crippen LogP contribution in [0.2, 0.25) is 0 Å². The van der Waals surface area contributed by atoms with Crippen LogP contribution in [0.15, 0.2) is 23.1 Å². The van der Waals surface area contributed by atoms with Crippen LogP contribution in [-0.2, 0) is 9.59 Å². The van der Waals surface area contributed by atoms with Crippen molar-refractivity contribution in [2.75, 3.05) is 6.54 Å². The highest BCUT2D eigenvalue weighted by Gasteiger charge is 2.34. The van der Waals surface area contributed by atoms with Gasteiger partial charge >= 0.3 is 5.97 Å². The van der Waals surface area contributed by atoms with E-state index in [2.05, 4.69) is 0 Å². The van der Waals surface area contributed by atoms with Gasteiger partial charge in [0.05, 0.1) is 4.91 Å². The van der Waals surface area contributed by atoms with Crippen molar-refractivity contribution >= 4 is 45.7 Å². The fraction of sp³-hybridized carbons (Fsp3) is 0.154. The van der Waals surface area contributed by atoms with Crippen molar-refractivity contribution in [1.29, 1.82) is 0 Å². The standard InChI is InChI=1S/C13H11NO5S2/c1-6(7-2-8(15)4-9(16)3-7)11-12(19)14(5-10(17)18)13(20)21-11/h2-4,15-16H,5H2,1H3,(H,17,18)/b11-6-. The Morgan fingerprint density at radius 3 is 2.38 bits per heavy atom. The average Bonchev–Trinajstić information content (AvgIpc) is 2.64. The molecule has 1 amide bonds. The Kier molecular flexibility index (Phi) is 4.19. The van der Waals surface area contributed by atoms with Gasteiger partial charge in [-0.2, -0.15) is 0 Å². The summed E-state index contributed by atoms with van der Waals surface area (Å²) in [6, 6.07) is 3.98. The number of hydrogen-bond acceptors (Lipinski definition) is 6. The fourth-order valence-electron chi connectivity index (χ4n) is 1.84. The summed E-state index contributed by atoms with van der Waals surface area (Å²) in [7, 11) is 0. The number of thiocarbonyl (C=S) groups is 1. The summed E-state index contributed by atoms with van der Waals surface area (Å²) in [5.74, 6) is -1.91. The quantitative estimate of drug-likeness (QED) is 0.575. The first kappa shape index (κ1) is 15.3. The molecule has 1 aromatic carbocycles. The topological polar surface area (TPSA) is 98.1 Å². The molecule has 0 bridgehead atoms. The van der Waals surface area contributed by atoms with Gasteiger partial charge in [-0.05, 0) is 30.2 Å². The zero-order valence-corrected chi connectivity index (χ0v) is 12.5. The average molecular weight is 325 g/mol. The number of phenolic OH excluding ortho intramolecular Hbond substituents is 2. The van der Waals surface area contributed by atoms with Crippen LogP contribution in [0.25, 0.3) is 5.57 Å². The number of carboxylic acid groups (broad SMARTS) is 1. The summed E-state index contributed by atoms with van der Waals surface area (Å²) in [6.07, 6.45) is 0. The minimum absolute atomic E-state index is 0.134. The number of rotatable bonds is 3. The Morgan fingerprint density at radius 2 is 1.86 bits per heavy atom. The summed E-state index contributed by atoms with van der Waals surface area (Å²) >= 11 is 6.00. The van der Waals surface area contributed by atoms with E-state index in [1.165, 1.54) is 18.2 Å². The molecule has 0 aromatic heterocycles. The number of benzene rings is 1. The summed E-state index contributed by atoms with van der Waals surface area (Å²) in [5.41, 5.74) is 0.967. The molecule has 6 nitrogen and oxygen atoms in total. The Labute approximate surface area is 129 Å². The summed E-state index contributed by atoms with van der Waals surface area (Å²) in [5, 5.41) is 27.8. The molecule has 1 aromatic rings. The molecule has 21 heavy (non-hydrogen) atoms. The second-order valence-corrected chi connectivity index (χ2v) is 5.99. The molecule has 1 saturated heterocycles. The Bertz CT molecular complexity index is 663. The molecule has 1 aliphatic heterocycles. The van der Waals surface area contributed by atoms with E-state index in [0.29, 0.717) is 11.1 Å². The second-order valence-electron chi connectivity index (χ2n) is 4.35. The number of aliphatic carboxylic acids is 1. The van der Waals surface area contributed by atoms with E-state index in [0.717, 1.165) is 16.7 Å².